The average molecular weight is 484 g/mol. The normalized spacial score (nSPS) is 10.8. The minimum Gasteiger partial charge on any atom is -0.462 e. The predicted molar refractivity (Wildman–Crippen MR) is 128 cm³/mol. The smallest absolute Gasteiger partial charge is 0.338 e. The van der Waals surface area contributed by atoms with Gasteiger partial charge in [-0.15, -0.1) is 11.3 Å². The number of carbonyl (C=O) groups excluding carboxylic acids is 2. The number of carbonyl (C=O) groups is 2. The predicted octanol–water partition coefficient (Wildman–Crippen LogP) is 3.68. The molecule has 4 aromatic rings. The summed E-state index contributed by atoms with van der Waals surface area (Å²) in [6.45, 7) is 1.68. The van der Waals surface area contributed by atoms with E-state index in [0.29, 0.717) is 32.2 Å². The number of halogens is 1. The van der Waals surface area contributed by atoms with Gasteiger partial charge in [-0.05, 0) is 66.9 Å². The highest BCUT2D eigenvalue weighted by Gasteiger charge is 2.18. The molecule has 0 saturated heterocycles. The lowest BCUT2D eigenvalue weighted by atomic mass is 10.2. The summed E-state index contributed by atoms with van der Waals surface area (Å²) in [7, 11) is 0. The van der Waals surface area contributed by atoms with Crippen LogP contribution in [0.1, 0.15) is 17.3 Å². The third kappa shape index (κ3) is 4.59. The summed E-state index contributed by atoms with van der Waals surface area (Å²) >= 11 is 7.12. The van der Waals surface area contributed by atoms with Gasteiger partial charge in [0.25, 0.3) is 5.56 Å². The summed E-state index contributed by atoms with van der Waals surface area (Å²) in [5.74, 6) is -0.916. The fourth-order valence-electron chi connectivity index (χ4n) is 3.31. The molecule has 0 bridgehead atoms. The van der Waals surface area contributed by atoms with Gasteiger partial charge >= 0.3 is 11.7 Å². The molecule has 2 heterocycles. The number of ether oxygens (including phenoxy) is 1. The van der Waals surface area contributed by atoms with Crippen LogP contribution in [0.15, 0.2) is 69.6 Å². The number of thiophene rings is 1. The van der Waals surface area contributed by atoms with Gasteiger partial charge in [-0.25, -0.2) is 14.2 Å². The number of aromatic nitrogens is 2. The lowest BCUT2D eigenvalue weighted by Gasteiger charge is -2.13. The molecule has 2 aromatic heterocycles. The Bertz CT molecular complexity index is 1450. The van der Waals surface area contributed by atoms with Crippen molar-refractivity contribution in [2.45, 2.75) is 13.5 Å². The first-order chi connectivity index (χ1) is 15.9. The van der Waals surface area contributed by atoms with E-state index >= 15 is 0 Å². The van der Waals surface area contributed by atoms with Gasteiger partial charge in [0.2, 0.25) is 5.91 Å². The maximum atomic E-state index is 13.2. The number of amides is 1. The number of rotatable bonds is 6. The number of esters is 1. The molecule has 33 heavy (non-hydrogen) atoms. The molecule has 1 amide bonds. The molecule has 0 saturated carbocycles. The number of hydrogen-bond donors (Lipinski definition) is 1. The minimum atomic E-state index is -0.638. The molecular weight excluding hydrogens is 466 g/mol. The van der Waals surface area contributed by atoms with Gasteiger partial charge in [0.15, 0.2) is 0 Å². The van der Waals surface area contributed by atoms with Gasteiger partial charge in [0.1, 0.15) is 11.2 Å². The first-order valence-corrected chi connectivity index (χ1v) is 11.2. The molecule has 8 nitrogen and oxygen atoms in total. The van der Waals surface area contributed by atoms with Crippen LogP contribution in [-0.2, 0) is 16.1 Å². The highest BCUT2D eigenvalue weighted by atomic mass is 35.5. The van der Waals surface area contributed by atoms with Crippen LogP contribution in [0.5, 0.6) is 0 Å². The van der Waals surface area contributed by atoms with Crippen molar-refractivity contribution in [2.75, 3.05) is 11.9 Å². The van der Waals surface area contributed by atoms with Gasteiger partial charge in [-0.3, -0.25) is 14.2 Å². The molecule has 0 aliphatic rings. The topological polar surface area (TPSA) is 99.4 Å². The van der Waals surface area contributed by atoms with E-state index in [1.54, 1.807) is 54.8 Å². The molecule has 0 unspecified atom stereocenters. The second-order valence-electron chi connectivity index (χ2n) is 6.97. The van der Waals surface area contributed by atoms with Gasteiger partial charge in [0, 0.05) is 10.7 Å². The fraction of sp³-hybridized carbons (Fsp3) is 0.130. The average Bonchev–Trinajstić information content (AvgIpc) is 3.29. The highest BCUT2D eigenvalue weighted by Crippen LogP contribution is 2.18. The summed E-state index contributed by atoms with van der Waals surface area (Å²) in [5.41, 5.74) is 0.454. The van der Waals surface area contributed by atoms with Crippen LogP contribution < -0.4 is 16.6 Å². The first-order valence-electron chi connectivity index (χ1n) is 9.95. The molecule has 0 spiro atoms. The van der Waals surface area contributed by atoms with Crippen LogP contribution >= 0.6 is 22.9 Å². The zero-order chi connectivity index (χ0) is 23.5. The summed E-state index contributed by atoms with van der Waals surface area (Å²) in [4.78, 5) is 50.7. The summed E-state index contributed by atoms with van der Waals surface area (Å²) < 4.78 is 7.58. The van der Waals surface area contributed by atoms with Gasteiger partial charge in [-0.1, -0.05) is 11.6 Å². The lowest BCUT2D eigenvalue weighted by Crippen LogP contribution is -2.40. The Labute approximate surface area is 196 Å². The van der Waals surface area contributed by atoms with Crippen molar-refractivity contribution in [2.24, 2.45) is 0 Å². The Morgan fingerprint density at radius 1 is 1.03 bits per heavy atom. The van der Waals surface area contributed by atoms with Crippen molar-refractivity contribution >= 4 is 50.7 Å². The van der Waals surface area contributed by atoms with E-state index in [4.69, 9.17) is 16.3 Å². The number of hydrogen-bond acceptors (Lipinski definition) is 6. The largest absolute Gasteiger partial charge is 0.462 e. The van der Waals surface area contributed by atoms with Gasteiger partial charge in [0.05, 0.1) is 23.4 Å². The van der Waals surface area contributed by atoms with Crippen LogP contribution in [0, 0.1) is 0 Å². The molecule has 4 rings (SSSR count). The maximum absolute atomic E-state index is 13.2. The number of anilines is 1. The third-order valence-electron chi connectivity index (χ3n) is 4.82. The van der Waals surface area contributed by atoms with Crippen LogP contribution in [0.25, 0.3) is 15.9 Å². The summed E-state index contributed by atoms with van der Waals surface area (Å²) in [6.07, 6.45) is 0. The van der Waals surface area contributed by atoms with Crippen LogP contribution in [-0.4, -0.2) is 27.6 Å². The number of nitrogens with zero attached hydrogens (tertiary/aromatic N) is 2. The monoisotopic (exact) mass is 483 g/mol. The van der Waals surface area contributed by atoms with Crippen molar-refractivity contribution in [3.8, 4) is 5.69 Å². The maximum Gasteiger partial charge on any atom is 0.338 e. The van der Waals surface area contributed by atoms with Gasteiger partial charge < -0.3 is 10.1 Å². The van der Waals surface area contributed by atoms with E-state index in [1.807, 2.05) is 0 Å². The second-order valence-corrected chi connectivity index (χ2v) is 8.32. The van der Waals surface area contributed by atoms with Crippen molar-refractivity contribution < 1.29 is 14.3 Å². The fourth-order valence-corrected chi connectivity index (χ4v) is 4.26. The Hall–Kier alpha value is -3.69. The zero-order valence-electron chi connectivity index (χ0n) is 17.4. The van der Waals surface area contributed by atoms with E-state index < -0.39 is 23.1 Å². The zero-order valence-corrected chi connectivity index (χ0v) is 19.0. The molecule has 0 radical (unpaired) electrons. The molecule has 0 aliphatic heterocycles. The van der Waals surface area contributed by atoms with Gasteiger partial charge in [-0.2, -0.15) is 0 Å². The van der Waals surface area contributed by atoms with Crippen molar-refractivity contribution in [3.63, 3.8) is 0 Å². The summed E-state index contributed by atoms with van der Waals surface area (Å²) in [5, 5.41) is 4.87. The Morgan fingerprint density at radius 2 is 1.73 bits per heavy atom. The lowest BCUT2D eigenvalue weighted by molar-refractivity contribution is -0.116. The van der Waals surface area contributed by atoms with Crippen LogP contribution in [0.4, 0.5) is 5.69 Å². The minimum absolute atomic E-state index is 0.265. The van der Waals surface area contributed by atoms with Crippen molar-refractivity contribution in [1.29, 1.82) is 0 Å². The Balaban J connectivity index is 1.65. The molecule has 0 fully saturated rings. The Morgan fingerprint density at radius 3 is 2.39 bits per heavy atom. The molecule has 10 heteroatoms. The molecule has 0 atom stereocenters. The standard InChI is InChI=1S/C23H18ClN3O5S/c1-2-32-22(30)14-3-7-16(8-4-14)25-19(28)13-26-18-11-12-33-20(18)21(29)27(23(26)31)17-9-5-15(24)6-10-17/h3-12H,2,13H2,1H3,(H,25,28). The SMILES string of the molecule is CCOC(=O)c1ccc(NC(=O)Cn2c(=O)n(-c3ccc(Cl)cc3)c(=O)c3sccc32)cc1. The summed E-state index contributed by atoms with van der Waals surface area (Å²) in [6, 6.07) is 14.2. The molecule has 2 aromatic carbocycles. The van der Waals surface area contributed by atoms with E-state index in [0.717, 1.165) is 4.57 Å². The number of nitrogens with one attached hydrogen (secondary N) is 1. The molecule has 1 N–H and O–H groups in total. The van der Waals surface area contributed by atoms with Crippen molar-refractivity contribution in [3.05, 3.63) is 91.4 Å². The number of benzene rings is 2. The van der Waals surface area contributed by atoms with E-state index in [9.17, 15) is 19.2 Å². The Kier molecular flexibility index (Phi) is 6.43. The van der Waals surface area contributed by atoms with Crippen molar-refractivity contribution in [1.82, 2.24) is 9.13 Å². The van der Waals surface area contributed by atoms with Crippen LogP contribution in [0.2, 0.25) is 5.02 Å². The molecule has 168 valence electrons. The van der Waals surface area contributed by atoms with E-state index in [1.165, 1.54) is 28.0 Å². The first kappa shape index (κ1) is 22.5. The van der Waals surface area contributed by atoms with Crippen LogP contribution in [0.3, 0.4) is 0 Å². The third-order valence-corrected chi connectivity index (χ3v) is 5.96. The number of fused-ring (bicyclic) bond motifs is 1. The van der Waals surface area contributed by atoms with E-state index in [2.05, 4.69) is 5.32 Å². The molecular formula is C23H18ClN3O5S. The molecule has 0 aliphatic carbocycles. The quantitative estimate of drug-likeness (QED) is 0.422. The second kappa shape index (κ2) is 9.43. The van der Waals surface area contributed by atoms with E-state index in [-0.39, 0.29) is 13.2 Å². The highest BCUT2D eigenvalue weighted by molar-refractivity contribution is 7.17.